The first kappa shape index (κ1) is 15.2. The highest BCUT2D eigenvalue weighted by Gasteiger charge is 2.38. The highest BCUT2D eigenvalue weighted by Crippen LogP contribution is 2.20. The molecule has 2 rings (SSSR count). The van der Waals surface area contributed by atoms with Gasteiger partial charge in [-0.1, -0.05) is 0 Å². The summed E-state index contributed by atoms with van der Waals surface area (Å²) in [6.07, 6.45) is 0. The zero-order chi connectivity index (χ0) is 15.6. The summed E-state index contributed by atoms with van der Waals surface area (Å²) in [6, 6.07) is 3.25. The molecule has 2 unspecified atom stereocenters. The molecule has 0 saturated carbocycles. The minimum atomic E-state index is -0.991. The summed E-state index contributed by atoms with van der Waals surface area (Å²) in [5, 5.41) is 11.7. The molecule has 0 spiro atoms. The Morgan fingerprint density at radius 1 is 1.43 bits per heavy atom. The highest BCUT2D eigenvalue weighted by molar-refractivity contribution is 5.90. The number of nitrogens with zero attached hydrogens (tertiary/aromatic N) is 1. The van der Waals surface area contributed by atoms with Gasteiger partial charge in [0.15, 0.2) is 0 Å². The molecular formula is C14H17FN2O4. The number of likely N-dealkylation sites (N-methyl/N-ethyl adjacent to an activating group) is 1. The van der Waals surface area contributed by atoms with Gasteiger partial charge in [0.05, 0.1) is 19.3 Å². The van der Waals surface area contributed by atoms with E-state index in [9.17, 15) is 14.0 Å². The highest BCUT2D eigenvalue weighted by atomic mass is 19.1. The molecule has 2 amide bonds. The fraction of sp³-hybridized carbons (Fsp3) is 0.429. The molecule has 1 aliphatic heterocycles. The average molecular weight is 296 g/mol. The number of rotatable bonds is 3. The van der Waals surface area contributed by atoms with E-state index >= 15 is 0 Å². The van der Waals surface area contributed by atoms with Crippen LogP contribution < -0.4 is 5.32 Å². The van der Waals surface area contributed by atoms with Crippen molar-refractivity contribution in [2.24, 2.45) is 5.92 Å². The second-order valence-corrected chi connectivity index (χ2v) is 5.05. The predicted molar refractivity (Wildman–Crippen MR) is 73.7 cm³/mol. The number of nitrogens with one attached hydrogen (secondary N) is 1. The standard InChI is InChI=1S/C14H17FN2O4/c1-8-5-9(3-4-11(8)15)16-14(20)17(2)12-7-21-6-10(12)13(18)19/h3-5,10,12H,6-7H2,1-2H3,(H,16,20)(H,18,19). The van der Waals surface area contributed by atoms with E-state index in [0.717, 1.165) is 0 Å². The molecule has 1 aromatic rings. The first-order chi connectivity index (χ1) is 9.90. The van der Waals surface area contributed by atoms with Gasteiger partial charge in [-0.3, -0.25) is 4.79 Å². The van der Waals surface area contributed by atoms with Crippen LogP contribution in [-0.4, -0.2) is 48.3 Å². The van der Waals surface area contributed by atoms with Gasteiger partial charge in [0.2, 0.25) is 0 Å². The lowest BCUT2D eigenvalue weighted by Crippen LogP contribution is -2.45. The second kappa shape index (κ2) is 6.09. The van der Waals surface area contributed by atoms with Crippen molar-refractivity contribution in [1.82, 2.24) is 4.90 Å². The predicted octanol–water partition coefficient (Wildman–Crippen LogP) is 1.70. The maximum absolute atomic E-state index is 13.2. The molecule has 1 aliphatic rings. The first-order valence-corrected chi connectivity index (χ1v) is 6.50. The van der Waals surface area contributed by atoms with Crippen LogP contribution in [0.5, 0.6) is 0 Å². The number of anilines is 1. The van der Waals surface area contributed by atoms with Gasteiger partial charge in [0.1, 0.15) is 11.7 Å². The number of hydrogen-bond donors (Lipinski definition) is 2. The van der Waals surface area contributed by atoms with Crippen LogP contribution >= 0.6 is 0 Å². The smallest absolute Gasteiger partial charge is 0.321 e. The van der Waals surface area contributed by atoms with Gasteiger partial charge in [-0.05, 0) is 30.7 Å². The normalized spacial score (nSPS) is 21.1. The number of hydrogen-bond acceptors (Lipinski definition) is 3. The number of ether oxygens (including phenoxy) is 1. The minimum absolute atomic E-state index is 0.0906. The molecule has 0 aliphatic carbocycles. The Hall–Kier alpha value is -2.15. The fourth-order valence-corrected chi connectivity index (χ4v) is 2.25. The number of halogens is 1. The molecule has 6 nitrogen and oxygen atoms in total. The molecule has 0 radical (unpaired) electrons. The van der Waals surface area contributed by atoms with Crippen LogP contribution in [0.15, 0.2) is 18.2 Å². The van der Waals surface area contributed by atoms with Crippen LogP contribution in [0.25, 0.3) is 0 Å². The van der Waals surface area contributed by atoms with E-state index in [2.05, 4.69) is 5.32 Å². The van der Waals surface area contributed by atoms with Gasteiger partial charge in [0, 0.05) is 12.7 Å². The monoisotopic (exact) mass is 296 g/mol. The van der Waals surface area contributed by atoms with Gasteiger partial charge in [-0.25, -0.2) is 9.18 Å². The summed E-state index contributed by atoms with van der Waals surface area (Å²) in [7, 11) is 1.51. The van der Waals surface area contributed by atoms with E-state index in [1.165, 1.54) is 30.1 Å². The molecule has 1 saturated heterocycles. The number of carbonyl (C=O) groups is 2. The average Bonchev–Trinajstić information content (AvgIpc) is 2.91. The van der Waals surface area contributed by atoms with Crippen LogP contribution in [0.2, 0.25) is 0 Å². The van der Waals surface area contributed by atoms with Gasteiger partial charge < -0.3 is 20.1 Å². The third-order valence-electron chi connectivity index (χ3n) is 3.59. The van der Waals surface area contributed by atoms with E-state index < -0.39 is 24.0 Å². The molecule has 1 fully saturated rings. The number of carboxylic acid groups (broad SMARTS) is 1. The summed E-state index contributed by atoms with van der Waals surface area (Å²) in [5.74, 6) is -2.08. The van der Waals surface area contributed by atoms with Crippen molar-refractivity contribution in [3.8, 4) is 0 Å². The SMILES string of the molecule is Cc1cc(NC(=O)N(C)C2COCC2C(=O)O)ccc1F. The molecule has 21 heavy (non-hydrogen) atoms. The van der Waals surface area contributed by atoms with E-state index in [0.29, 0.717) is 11.3 Å². The van der Waals surface area contributed by atoms with Gasteiger partial charge in [0.25, 0.3) is 0 Å². The van der Waals surface area contributed by atoms with E-state index in [-0.39, 0.29) is 19.0 Å². The molecule has 0 bridgehead atoms. The van der Waals surface area contributed by atoms with Crippen molar-refractivity contribution in [3.05, 3.63) is 29.6 Å². The fourth-order valence-electron chi connectivity index (χ4n) is 2.25. The van der Waals surface area contributed by atoms with Crippen LogP contribution in [0.3, 0.4) is 0 Å². The van der Waals surface area contributed by atoms with Crippen molar-refractivity contribution in [1.29, 1.82) is 0 Å². The third kappa shape index (κ3) is 3.30. The topological polar surface area (TPSA) is 78.9 Å². The number of benzene rings is 1. The molecule has 1 heterocycles. The Kier molecular flexibility index (Phi) is 4.42. The molecule has 2 N–H and O–H groups in total. The summed E-state index contributed by atoms with van der Waals surface area (Å²) >= 11 is 0. The van der Waals surface area contributed by atoms with Gasteiger partial charge in [-0.2, -0.15) is 0 Å². The van der Waals surface area contributed by atoms with Crippen LogP contribution in [-0.2, 0) is 9.53 Å². The van der Waals surface area contributed by atoms with Crippen molar-refractivity contribution < 1.29 is 23.8 Å². The van der Waals surface area contributed by atoms with Crippen molar-refractivity contribution in [2.75, 3.05) is 25.6 Å². The number of carboxylic acids is 1. The third-order valence-corrected chi connectivity index (χ3v) is 3.59. The molecule has 1 aromatic carbocycles. The summed E-state index contributed by atoms with van der Waals surface area (Å²) in [6.45, 7) is 1.87. The number of amides is 2. The summed E-state index contributed by atoms with van der Waals surface area (Å²) in [5.41, 5.74) is 0.875. The van der Waals surface area contributed by atoms with Crippen LogP contribution in [0, 0.1) is 18.7 Å². The van der Waals surface area contributed by atoms with E-state index in [1.54, 1.807) is 6.92 Å². The molecule has 7 heteroatoms. The molecule has 0 aromatic heterocycles. The minimum Gasteiger partial charge on any atom is -0.481 e. The summed E-state index contributed by atoms with van der Waals surface area (Å²) in [4.78, 5) is 24.5. The molecule has 2 atom stereocenters. The lowest BCUT2D eigenvalue weighted by atomic mass is 10.0. The van der Waals surface area contributed by atoms with Gasteiger partial charge in [-0.15, -0.1) is 0 Å². The van der Waals surface area contributed by atoms with Crippen LogP contribution in [0.1, 0.15) is 5.56 Å². The zero-order valence-electron chi connectivity index (χ0n) is 11.8. The van der Waals surface area contributed by atoms with E-state index in [1.807, 2.05) is 0 Å². The van der Waals surface area contributed by atoms with Crippen molar-refractivity contribution in [2.45, 2.75) is 13.0 Å². The number of carbonyl (C=O) groups excluding carboxylic acids is 1. The molecular weight excluding hydrogens is 279 g/mol. The summed E-state index contributed by atoms with van der Waals surface area (Å²) < 4.78 is 18.3. The number of urea groups is 1. The maximum atomic E-state index is 13.2. The first-order valence-electron chi connectivity index (χ1n) is 6.50. The number of aryl methyl sites for hydroxylation is 1. The van der Waals surface area contributed by atoms with Crippen molar-refractivity contribution >= 4 is 17.7 Å². The zero-order valence-corrected chi connectivity index (χ0v) is 11.8. The quantitative estimate of drug-likeness (QED) is 0.890. The maximum Gasteiger partial charge on any atom is 0.321 e. The lowest BCUT2D eigenvalue weighted by Gasteiger charge is -2.26. The largest absolute Gasteiger partial charge is 0.481 e. The Bertz CT molecular complexity index is 564. The van der Waals surface area contributed by atoms with E-state index in [4.69, 9.17) is 9.84 Å². The Morgan fingerprint density at radius 2 is 2.14 bits per heavy atom. The lowest BCUT2D eigenvalue weighted by molar-refractivity contribution is -0.142. The second-order valence-electron chi connectivity index (χ2n) is 5.05. The molecule has 114 valence electrons. The van der Waals surface area contributed by atoms with Crippen molar-refractivity contribution in [3.63, 3.8) is 0 Å². The van der Waals surface area contributed by atoms with Gasteiger partial charge >= 0.3 is 12.0 Å². The Balaban J connectivity index is 2.05. The Labute approximate surface area is 121 Å². The van der Waals surface area contributed by atoms with Crippen LogP contribution in [0.4, 0.5) is 14.9 Å². The Morgan fingerprint density at radius 3 is 2.76 bits per heavy atom. The number of aliphatic carboxylic acids is 1.